The SMILES string of the molecule is CCCCCCCCCC(=O)O.O=C(O)CC(O)(CC(=O)O)C(=O)O.O=C(O)CC(O)C(=O)O. The van der Waals surface area contributed by atoms with E-state index in [2.05, 4.69) is 6.92 Å². The molecule has 0 bridgehead atoms. The van der Waals surface area contributed by atoms with Gasteiger partial charge in [0.05, 0.1) is 19.3 Å². The van der Waals surface area contributed by atoms with Crippen LogP contribution in [-0.4, -0.2) is 88.4 Å². The monoisotopic (exact) mass is 498 g/mol. The molecule has 0 fully saturated rings. The van der Waals surface area contributed by atoms with E-state index in [1.165, 1.54) is 32.1 Å². The van der Waals surface area contributed by atoms with Crippen LogP contribution in [0.15, 0.2) is 0 Å². The number of aliphatic hydroxyl groups excluding tert-OH is 1. The maximum Gasteiger partial charge on any atom is 0.336 e. The summed E-state index contributed by atoms with van der Waals surface area (Å²) in [4.78, 5) is 60.0. The minimum atomic E-state index is -2.74. The second kappa shape index (κ2) is 20.4. The summed E-state index contributed by atoms with van der Waals surface area (Å²) < 4.78 is 0. The number of carbonyl (C=O) groups is 6. The van der Waals surface area contributed by atoms with Crippen LogP contribution in [0.1, 0.15) is 77.6 Å². The van der Waals surface area contributed by atoms with Crippen molar-refractivity contribution in [2.24, 2.45) is 0 Å². The lowest BCUT2D eigenvalue weighted by molar-refractivity contribution is -0.170. The van der Waals surface area contributed by atoms with Crippen LogP contribution in [0.4, 0.5) is 0 Å². The van der Waals surface area contributed by atoms with Crippen LogP contribution < -0.4 is 0 Å². The maximum absolute atomic E-state index is 10.3. The first-order chi connectivity index (χ1) is 15.6. The molecule has 14 heteroatoms. The smallest absolute Gasteiger partial charge is 0.336 e. The number of carboxylic acids is 6. The average molecular weight is 498 g/mol. The molecule has 0 amide bonds. The second-order valence-corrected chi connectivity index (χ2v) is 7.19. The van der Waals surface area contributed by atoms with Crippen molar-refractivity contribution in [2.45, 2.75) is 89.3 Å². The number of hydrogen-bond acceptors (Lipinski definition) is 8. The molecule has 0 heterocycles. The third kappa shape index (κ3) is 25.0. The summed E-state index contributed by atoms with van der Waals surface area (Å²) in [5.41, 5.74) is -2.74. The highest BCUT2D eigenvalue weighted by Crippen LogP contribution is 2.15. The third-order valence-electron chi connectivity index (χ3n) is 3.93. The minimum absolute atomic E-state index is 0.341. The van der Waals surface area contributed by atoms with Crippen LogP contribution in [0, 0.1) is 0 Å². The number of aliphatic hydroxyl groups is 2. The van der Waals surface area contributed by atoms with E-state index in [-0.39, 0.29) is 0 Å². The van der Waals surface area contributed by atoms with Gasteiger partial charge in [-0.2, -0.15) is 0 Å². The Bertz CT molecular complexity index is 642. The van der Waals surface area contributed by atoms with Gasteiger partial charge in [0.15, 0.2) is 11.7 Å². The molecule has 1 unspecified atom stereocenters. The van der Waals surface area contributed by atoms with Gasteiger partial charge in [-0.05, 0) is 6.42 Å². The Hall–Kier alpha value is -3.26. The topological polar surface area (TPSA) is 264 Å². The van der Waals surface area contributed by atoms with Crippen LogP contribution in [0.5, 0.6) is 0 Å². The van der Waals surface area contributed by atoms with Crippen molar-refractivity contribution in [2.75, 3.05) is 0 Å². The molecule has 8 N–H and O–H groups in total. The average Bonchev–Trinajstić information content (AvgIpc) is 2.66. The van der Waals surface area contributed by atoms with Gasteiger partial charge in [-0.15, -0.1) is 0 Å². The number of carboxylic acid groups (broad SMARTS) is 6. The summed E-state index contributed by atoms with van der Waals surface area (Å²) in [7, 11) is 0. The van der Waals surface area contributed by atoms with Gasteiger partial charge in [0.1, 0.15) is 0 Å². The molecule has 0 saturated heterocycles. The van der Waals surface area contributed by atoms with E-state index < -0.39 is 66.8 Å². The van der Waals surface area contributed by atoms with Gasteiger partial charge in [-0.25, -0.2) is 9.59 Å². The predicted octanol–water partition coefficient (Wildman–Crippen LogP) is 0.870. The highest BCUT2D eigenvalue weighted by molar-refractivity contribution is 5.88. The molecule has 0 radical (unpaired) electrons. The number of hydrogen-bond donors (Lipinski definition) is 8. The first kappa shape index (κ1) is 35.3. The standard InChI is InChI=1S/C10H20O2.C6H8O7.C4H6O5/c1-2-3-4-5-6-7-8-9-10(11)12;7-3(8)1-6(13,5(11)12)2-4(9)10;5-2(4(8)9)1-3(6)7/h2-9H2,1H3,(H,11,12);13H,1-2H2,(H,7,8)(H,9,10)(H,11,12);2,5H,1H2,(H,6,7)(H,8,9). The predicted molar refractivity (Wildman–Crippen MR) is 113 cm³/mol. The normalized spacial score (nSPS) is 11.0. The van der Waals surface area contributed by atoms with Crippen LogP contribution in [-0.2, 0) is 28.8 Å². The minimum Gasteiger partial charge on any atom is -0.481 e. The second-order valence-electron chi connectivity index (χ2n) is 7.19. The fraction of sp³-hybridized carbons (Fsp3) is 0.700. The van der Waals surface area contributed by atoms with E-state index in [0.717, 1.165) is 12.8 Å². The van der Waals surface area contributed by atoms with Crippen LogP contribution >= 0.6 is 0 Å². The number of rotatable bonds is 16. The van der Waals surface area contributed by atoms with Crippen LogP contribution in [0.2, 0.25) is 0 Å². The van der Waals surface area contributed by atoms with Crippen molar-refractivity contribution in [1.29, 1.82) is 0 Å². The summed E-state index contributed by atoms with van der Waals surface area (Å²) >= 11 is 0. The quantitative estimate of drug-likeness (QED) is 0.137. The van der Waals surface area contributed by atoms with Gasteiger partial charge < -0.3 is 40.9 Å². The molecule has 1 atom stereocenters. The van der Waals surface area contributed by atoms with Crippen molar-refractivity contribution in [3.8, 4) is 0 Å². The zero-order chi connectivity index (χ0) is 27.3. The van der Waals surface area contributed by atoms with Crippen molar-refractivity contribution >= 4 is 35.8 Å². The Morgan fingerprint density at radius 3 is 1.32 bits per heavy atom. The number of unbranched alkanes of at least 4 members (excludes halogenated alkanes) is 6. The van der Waals surface area contributed by atoms with E-state index in [1.54, 1.807) is 0 Å². The summed E-state index contributed by atoms with van der Waals surface area (Å²) in [6, 6.07) is 0. The Morgan fingerprint density at radius 2 is 1.06 bits per heavy atom. The first-order valence-corrected chi connectivity index (χ1v) is 10.3. The summed E-state index contributed by atoms with van der Waals surface area (Å²) in [5.74, 6) is -8.53. The molecule has 0 aromatic rings. The molecule has 198 valence electrons. The molecule has 0 rings (SSSR count). The molecule has 0 saturated carbocycles. The zero-order valence-corrected chi connectivity index (χ0v) is 18.9. The van der Waals surface area contributed by atoms with Gasteiger partial charge in [-0.3, -0.25) is 19.2 Å². The maximum atomic E-state index is 10.3. The van der Waals surface area contributed by atoms with Gasteiger partial charge in [0, 0.05) is 6.42 Å². The highest BCUT2D eigenvalue weighted by atomic mass is 16.4. The van der Waals surface area contributed by atoms with E-state index >= 15 is 0 Å². The summed E-state index contributed by atoms with van der Waals surface area (Å²) in [6.07, 6.45) is 3.81. The molecule has 14 nitrogen and oxygen atoms in total. The molecule has 34 heavy (non-hydrogen) atoms. The van der Waals surface area contributed by atoms with Crippen LogP contribution in [0.3, 0.4) is 0 Å². The lowest BCUT2D eigenvalue weighted by Gasteiger charge is -2.18. The fourth-order valence-corrected chi connectivity index (χ4v) is 2.20. The van der Waals surface area contributed by atoms with Gasteiger partial charge >= 0.3 is 35.8 Å². The molecule has 0 aromatic heterocycles. The van der Waals surface area contributed by atoms with Crippen molar-refractivity contribution < 1.29 is 69.6 Å². The zero-order valence-electron chi connectivity index (χ0n) is 18.9. The lowest BCUT2D eigenvalue weighted by atomic mass is 9.96. The Kier molecular flexibility index (Phi) is 21.2. The first-order valence-electron chi connectivity index (χ1n) is 10.3. The largest absolute Gasteiger partial charge is 0.481 e. The van der Waals surface area contributed by atoms with E-state index in [1.807, 2.05) is 0 Å². The molecule has 0 aliphatic rings. The Labute approximate surface area is 195 Å². The highest BCUT2D eigenvalue weighted by Gasteiger charge is 2.40. The third-order valence-corrected chi connectivity index (χ3v) is 3.93. The lowest BCUT2D eigenvalue weighted by Crippen LogP contribution is -2.42. The van der Waals surface area contributed by atoms with E-state index in [9.17, 15) is 28.8 Å². The van der Waals surface area contributed by atoms with Crippen LogP contribution in [0.25, 0.3) is 0 Å². The molecule has 0 spiro atoms. The van der Waals surface area contributed by atoms with E-state index in [0.29, 0.717) is 6.42 Å². The van der Waals surface area contributed by atoms with Crippen molar-refractivity contribution in [3.05, 3.63) is 0 Å². The number of aliphatic carboxylic acids is 6. The Balaban J connectivity index is -0.000000431. The molecule has 0 aliphatic heterocycles. The van der Waals surface area contributed by atoms with Gasteiger partial charge in [0.2, 0.25) is 0 Å². The van der Waals surface area contributed by atoms with Crippen molar-refractivity contribution in [3.63, 3.8) is 0 Å². The Morgan fingerprint density at radius 1 is 0.647 bits per heavy atom. The fourth-order valence-electron chi connectivity index (χ4n) is 2.20. The van der Waals surface area contributed by atoms with Crippen molar-refractivity contribution in [1.82, 2.24) is 0 Å². The molecular weight excluding hydrogens is 464 g/mol. The van der Waals surface area contributed by atoms with Gasteiger partial charge in [0.25, 0.3) is 0 Å². The summed E-state index contributed by atoms with van der Waals surface area (Å²) in [5, 5.41) is 66.3. The molecule has 0 aliphatic carbocycles. The molecule has 0 aromatic carbocycles. The molecular formula is C20H34O14. The summed E-state index contributed by atoms with van der Waals surface area (Å²) in [6.45, 7) is 2.20. The van der Waals surface area contributed by atoms with E-state index in [4.69, 9.17) is 40.9 Å². The van der Waals surface area contributed by atoms with Gasteiger partial charge in [-0.1, -0.05) is 45.4 Å².